The monoisotopic (exact) mass is 257 g/mol. The third kappa shape index (κ3) is 2.01. The number of carbonyl (C=O) groups is 1. The Kier molecular flexibility index (Phi) is 2.81. The van der Waals surface area contributed by atoms with Crippen LogP contribution in [0.4, 0.5) is 0 Å². The van der Waals surface area contributed by atoms with Gasteiger partial charge in [-0.3, -0.25) is 9.78 Å². The first-order chi connectivity index (χ1) is 9.16. The Hall–Kier alpha value is -2.17. The third-order valence-electron chi connectivity index (χ3n) is 3.65. The van der Waals surface area contributed by atoms with Crippen LogP contribution in [0, 0.1) is 12.8 Å². The van der Waals surface area contributed by atoms with Crippen LogP contribution in [0.1, 0.15) is 17.8 Å². The predicted molar refractivity (Wildman–Crippen MR) is 69.6 cm³/mol. The Balaban J connectivity index is 2.07. The molecule has 0 aliphatic carbocycles. The van der Waals surface area contributed by atoms with Crippen LogP contribution in [0.3, 0.4) is 0 Å². The molecule has 1 aliphatic heterocycles. The van der Waals surface area contributed by atoms with E-state index >= 15 is 0 Å². The van der Waals surface area contributed by atoms with E-state index in [1.165, 1.54) is 0 Å². The number of aliphatic carboxylic acids is 1. The zero-order valence-corrected chi connectivity index (χ0v) is 10.7. The van der Waals surface area contributed by atoms with Crippen LogP contribution in [-0.2, 0) is 17.8 Å². The minimum atomic E-state index is -0.732. The summed E-state index contributed by atoms with van der Waals surface area (Å²) in [6, 6.07) is 5.67. The van der Waals surface area contributed by atoms with Crippen molar-refractivity contribution in [3.63, 3.8) is 0 Å². The fourth-order valence-electron chi connectivity index (χ4n) is 2.63. The normalized spacial score (nSPS) is 18.1. The molecule has 1 N–H and O–H groups in total. The van der Waals surface area contributed by atoms with Crippen molar-refractivity contribution in [2.45, 2.75) is 26.3 Å². The van der Waals surface area contributed by atoms with Crippen molar-refractivity contribution in [2.75, 3.05) is 0 Å². The van der Waals surface area contributed by atoms with Crippen LogP contribution in [0.5, 0.6) is 0 Å². The van der Waals surface area contributed by atoms with Crippen LogP contribution in [-0.4, -0.2) is 25.6 Å². The number of hydrogen-bond donors (Lipinski definition) is 1. The summed E-state index contributed by atoms with van der Waals surface area (Å²) >= 11 is 0. The summed E-state index contributed by atoms with van der Waals surface area (Å²) in [5.41, 5.74) is 2.91. The van der Waals surface area contributed by atoms with E-state index < -0.39 is 5.97 Å². The summed E-state index contributed by atoms with van der Waals surface area (Å²) in [6.45, 7) is 2.46. The van der Waals surface area contributed by atoms with Crippen molar-refractivity contribution in [1.82, 2.24) is 14.5 Å². The zero-order chi connectivity index (χ0) is 13.4. The average Bonchev–Trinajstić information content (AvgIpc) is 2.77. The number of imidazole rings is 1. The van der Waals surface area contributed by atoms with E-state index in [1.807, 2.05) is 29.7 Å². The molecular formula is C14H15N3O2. The van der Waals surface area contributed by atoms with Gasteiger partial charge in [0.05, 0.1) is 11.6 Å². The molecule has 0 radical (unpaired) electrons. The second kappa shape index (κ2) is 4.50. The average molecular weight is 257 g/mol. The smallest absolute Gasteiger partial charge is 0.308 e. The molecule has 2 aromatic heterocycles. The molecule has 3 heterocycles. The lowest BCUT2D eigenvalue weighted by Crippen LogP contribution is -2.27. The minimum Gasteiger partial charge on any atom is -0.481 e. The van der Waals surface area contributed by atoms with Gasteiger partial charge in [0.2, 0.25) is 0 Å². The Bertz CT molecular complexity index is 619. The minimum absolute atomic E-state index is 0.330. The lowest BCUT2D eigenvalue weighted by molar-refractivity contribution is -0.142. The van der Waals surface area contributed by atoms with Crippen molar-refractivity contribution in [3.8, 4) is 11.5 Å². The molecule has 3 rings (SSSR count). The van der Waals surface area contributed by atoms with Crippen molar-refractivity contribution in [2.24, 2.45) is 5.92 Å². The topological polar surface area (TPSA) is 68.0 Å². The summed E-state index contributed by atoms with van der Waals surface area (Å²) in [7, 11) is 0. The lowest BCUT2D eigenvalue weighted by atomic mass is 9.97. The van der Waals surface area contributed by atoms with Gasteiger partial charge in [-0.1, -0.05) is 6.07 Å². The molecule has 0 fully saturated rings. The number of nitrogens with zero attached hydrogens (tertiary/aromatic N) is 3. The summed E-state index contributed by atoms with van der Waals surface area (Å²) in [6.07, 6.45) is 3.18. The van der Waals surface area contributed by atoms with Gasteiger partial charge in [0.25, 0.3) is 0 Å². The van der Waals surface area contributed by atoms with E-state index in [4.69, 9.17) is 0 Å². The van der Waals surface area contributed by atoms with Crippen molar-refractivity contribution in [3.05, 3.63) is 35.8 Å². The van der Waals surface area contributed by atoms with Crippen LogP contribution in [0.15, 0.2) is 24.4 Å². The van der Waals surface area contributed by atoms with E-state index in [0.29, 0.717) is 13.0 Å². The lowest BCUT2D eigenvalue weighted by Gasteiger charge is -2.22. The van der Waals surface area contributed by atoms with Crippen LogP contribution < -0.4 is 0 Å². The largest absolute Gasteiger partial charge is 0.481 e. The number of rotatable bonds is 2. The van der Waals surface area contributed by atoms with E-state index in [1.54, 1.807) is 6.20 Å². The van der Waals surface area contributed by atoms with E-state index in [-0.39, 0.29) is 5.92 Å². The fourth-order valence-corrected chi connectivity index (χ4v) is 2.63. The maximum atomic E-state index is 11.2. The molecule has 0 bridgehead atoms. The predicted octanol–water partition coefficient (Wildman–Crippen LogP) is 1.90. The van der Waals surface area contributed by atoms with Crippen molar-refractivity contribution < 1.29 is 9.90 Å². The number of carboxylic acids is 1. The summed E-state index contributed by atoms with van der Waals surface area (Å²) in [4.78, 5) is 20.0. The third-order valence-corrected chi connectivity index (χ3v) is 3.65. The summed E-state index contributed by atoms with van der Waals surface area (Å²) in [5.74, 6) is -0.286. The first-order valence-electron chi connectivity index (χ1n) is 6.37. The molecule has 0 saturated carbocycles. The van der Waals surface area contributed by atoms with E-state index in [9.17, 15) is 9.90 Å². The Morgan fingerprint density at radius 2 is 2.32 bits per heavy atom. The van der Waals surface area contributed by atoms with Gasteiger partial charge in [-0.2, -0.15) is 0 Å². The number of hydrogen-bond acceptors (Lipinski definition) is 3. The van der Waals surface area contributed by atoms with E-state index in [2.05, 4.69) is 9.97 Å². The molecule has 1 aliphatic rings. The van der Waals surface area contributed by atoms with Gasteiger partial charge in [0.15, 0.2) is 5.82 Å². The second-order valence-corrected chi connectivity index (χ2v) is 4.87. The van der Waals surface area contributed by atoms with Gasteiger partial charge in [0, 0.05) is 18.4 Å². The first-order valence-corrected chi connectivity index (χ1v) is 6.37. The molecule has 1 unspecified atom stereocenters. The molecule has 0 saturated heterocycles. The molecule has 5 nitrogen and oxygen atoms in total. The SMILES string of the molecule is Cc1nc(-c2ccccn2)n2c1CCC(C(=O)O)C2. The van der Waals surface area contributed by atoms with Gasteiger partial charge >= 0.3 is 5.97 Å². The zero-order valence-electron chi connectivity index (χ0n) is 10.7. The molecule has 2 aromatic rings. The Morgan fingerprint density at radius 3 is 3.00 bits per heavy atom. The Morgan fingerprint density at radius 1 is 1.47 bits per heavy atom. The molecule has 0 spiro atoms. The van der Waals surface area contributed by atoms with Gasteiger partial charge in [-0.05, 0) is 31.9 Å². The highest BCUT2D eigenvalue weighted by molar-refractivity contribution is 5.70. The molecule has 1 atom stereocenters. The second-order valence-electron chi connectivity index (χ2n) is 4.87. The van der Waals surface area contributed by atoms with Crippen LogP contribution in [0.25, 0.3) is 11.5 Å². The fraction of sp³-hybridized carbons (Fsp3) is 0.357. The van der Waals surface area contributed by atoms with Gasteiger partial charge in [-0.25, -0.2) is 4.98 Å². The van der Waals surface area contributed by atoms with Crippen molar-refractivity contribution >= 4 is 5.97 Å². The number of aromatic nitrogens is 3. The molecule has 0 aromatic carbocycles. The maximum Gasteiger partial charge on any atom is 0.308 e. The summed E-state index contributed by atoms with van der Waals surface area (Å²) in [5, 5.41) is 9.18. The highest BCUT2D eigenvalue weighted by atomic mass is 16.4. The molecule has 0 amide bonds. The summed E-state index contributed by atoms with van der Waals surface area (Å²) < 4.78 is 2.01. The molecular weight excluding hydrogens is 242 g/mol. The number of carboxylic acid groups (broad SMARTS) is 1. The Labute approximate surface area is 110 Å². The van der Waals surface area contributed by atoms with Gasteiger partial charge in [0.1, 0.15) is 5.69 Å². The standard InChI is InChI=1S/C14H15N3O2/c1-9-12-6-5-10(14(18)19)8-17(12)13(16-9)11-4-2-3-7-15-11/h2-4,7,10H,5-6,8H2,1H3,(H,18,19). The number of aryl methyl sites for hydroxylation is 1. The quantitative estimate of drug-likeness (QED) is 0.892. The number of pyridine rings is 1. The van der Waals surface area contributed by atoms with E-state index in [0.717, 1.165) is 29.3 Å². The van der Waals surface area contributed by atoms with Gasteiger partial charge < -0.3 is 9.67 Å². The van der Waals surface area contributed by atoms with Crippen LogP contribution in [0.2, 0.25) is 0 Å². The maximum absolute atomic E-state index is 11.2. The number of fused-ring (bicyclic) bond motifs is 1. The van der Waals surface area contributed by atoms with Gasteiger partial charge in [-0.15, -0.1) is 0 Å². The molecule has 98 valence electrons. The highest BCUT2D eigenvalue weighted by Crippen LogP contribution is 2.28. The highest BCUT2D eigenvalue weighted by Gasteiger charge is 2.28. The molecule has 19 heavy (non-hydrogen) atoms. The first kappa shape index (κ1) is 11.9. The van der Waals surface area contributed by atoms with Crippen molar-refractivity contribution in [1.29, 1.82) is 0 Å². The molecule has 5 heteroatoms. The van der Waals surface area contributed by atoms with Crippen LogP contribution >= 0.6 is 0 Å².